The van der Waals surface area contributed by atoms with Crippen molar-refractivity contribution >= 4 is 5.78 Å². The summed E-state index contributed by atoms with van der Waals surface area (Å²) in [5.41, 5.74) is -2.11. The summed E-state index contributed by atoms with van der Waals surface area (Å²) in [4.78, 5) is 11.7. The monoisotopic (exact) mass is 244 g/mol. The average Bonchev–Trinajstić information content (AvgIpc) is 2.46. The molecule has 0 aromatic heterocycles. The van der Waals surface area contributed by atoms with Crippen molar-refractivity contribution in [2.45, 2.75) is 64.0 Å². The van der Waals surface area contributed by atoms with Gasteiger partial charge in [0.25, 0.3) is 0 Å². The zero-order chi connectivity index (χ0) is 12.9. The Morgan fingerprint density at radius 1 is 1.29 bits per heavy atom. The first-order chi connectivity index (χ1) is 7.65. The van der Waals surface area contributed by atoms with Crippen LogP contribution in [0.25, 0.3) is 0 Å². The maximum atomic E-state index is 13.8. The number of rotatable bonds is 1. The Kier molecular flexibility index (Phi) is 2.86. The van der Waals surface area contributed by atoms with E-state index in [0.29, 0.717) is 13.0 Å². The predicted molar refractivity (Wildman–Crippen MR) is 61.4 cm³/mol. The first-order valence-electron chi connectivity index (χ1n) is 6.21. The van der Waals surface area contributed by atoms with E-state index in [-0.39, 0.29) is 24.5 Å². The minimum atomic E-state index is -1.65. The van der Waals surface area contributed by atoms with Gasteiger partial charge in [0, 0.05) is 6.42 Å². The molecule has 0 N–H and O–H groups in total. The van der Waals surface area contributed by atoms with Gasteiger partial charge in [0.15, 0.2) is 17.2 Å². The fraction of sp³-hybridized carbons (Fsp3) is 0.923. The lowest BCUT2D eigenvalue weighted by Crippen LogP contribution is -2.47. The Balaban J connectivity index is 2.08. The van der Waals surface area contributed by atoms with Crippen molar-refractivity contribution in [1.29, 1.82) is 0 Å². The summed E-state index contributed by atoms with van der Waals surface area (Å²) in [7, 11) is 0. The van der Waals surface area contributed by atoms with Gasteiger partial charge in [-0.05, 0) is 46.5 Å². The van der Waals surface area contributed by atoms with Crippen molar-refractivity contribution < 1.29 is 18.7 Å². The minimum Gasteiger partial charge on any atom is -0.347 e. The molecule has 3 nitrogen and oxygen atoms in total. The third-order valence-electron chi connectivity index (χ3n) is 4.02. The van der Waals surface area contributed by atoms with E-state index >= 15 is 0 Å². The van der Waals surface area contributed by atoms with Crippen molar-refractivity contribution in [1.82, 2.24) is 0 Å². The molecule has 2 rings (SSSR count). The number of carbonyl (C=O) groups is 1. The van der Waals surface area contributed by atoms with E-state index in [0.717, 1.165) is 0 Å². The Hall–Kier alpha value is -0.480. The van der Waals surface area contributed by atoms with Gasteiger partial charge < -0.3 is 9.47 Å². The highest BCUT2D eigenvalue weighted by molar-refractivity contribution is 5.87. The Morgan fingerprint density at radius 3 is 2.41 bits per heavy atom. The lowest BCUT2D eigenvalue weighted by Gasteiger charge is -2.38. The van der Waals surface area contributed by atoms with E-state index < -0.39 is 17.1 Å². The second-order valence-electron chi connectivity index (χ2n) is 6.16. The zero-order valence-corrected chi connectivity index (χ0v) is 11.0. The maximum Gasteiger partial charge on any atom is 0.170 e. The number of alkyl halides is 1. The van der Waals surface area contributed by atoms with E-state index in [1.807, 2.05) is 20.8 Å². The lowest BCUT2D eigenvalue weighted by molar-refractivity contribution is -0.175. The van der Waals surface area contributed by atoms with Crippen LogP contribution in [0.3, 0.4) is 0 Å². The molecule has 0 radical (unpaired) electrons. The third kappa shape index (κ3) is 2.38. The summed E-state index contributed by atoms with van der Waals surface area (Å²) in [6.07, 6.45) is 1.22. The number of Topliss-reactive ketones (excluding diaryl/α,β-unsaturated/α-hetero) is 1. The van der Waals surface area contributed by atoms with E-state index in [4.69, 9.17) is 9.47 Å². The van der Waals surface area contributed by atoms with Gasteiger partial charge in [-0.1, -0.05) is 0 Å². The smallest absolute Gasteiger partial charge is 0.170 e. The summed E-state index contributed by atoms with van der Waals surface area (Å²) < 4.78 is 25.2. The van der Waals surface area contributed by atoms with Crippen LogP contribution >= 0.6 is 0 Å². The summed E-state index contributed by atoms with van der Waals surface area (Å²) in [5.74, 6) is -0.849. The van der Waals surface area contributed by atoms with Gasteiger partial charge in [-0.15, -0.1) is 0 Å². The first-order valence-corrected chi connectivity index (χ1v) is 6.21. The van der Waals surface area contributed by atoms with Crippen LogP contribution in [0, 0.1) is 5.92 Å². The highest BCUT2D eigenvalue weighted by atomic mass is 19.1. The predicted octanol–water partition coefficient (Wildman–Crippen LogP) is 2.63. The van der Waals surface area contributed by atoms with Crippen LogP contribution in [0.2, 0.25) is 0 Å². The molecule has 0 amide bonds. The van der Waals surface area contributed by atoms with Crippen LogP contribution in [0.1, 0.15) is 47.0 Å². The second kappa shape index (κ2) is 3.75. The number of ether oxygens (including phenoxy) is 2. The van der Waals surface area contributed by atoms with Crippen LogP contribution in [-0.2, 0) is 14.3 Å². The van der Waals surface area contributed by atoms with Gasteiger partial charge in [0.1, 0.15) is 0 Å². The number of hydrogen-bond donors (Lipinski definition) is 0. The number of ketones is 1. The molecule has 1 saturated heterocycles. The van der Waals surface area contributed by atoms with Gasteiger partial charge in [-0.3, -0.25) is 4.79 Å². The summed E-state index contributed by atoms with van der Waals surface area (Å²) in [6.45, 7) is 7.54. The number of hydrogen-bond acceptors (Lipinski definition) is 3. The Bertz CT molecular complexity index is 338. The van der Waals surface area contributed by atoms with Crippen molar-refractivity contribution in [2.24, 2.45) is 5.92 Å². The molecular formula is C13H21FO3. The molecule has 1 heterocycles. The molecule has 1 aliphatic heterocycles. The fourth-order valence-corrected chi connectivity index (χ4v) is 2.78. The summed E-state index contributed by atoms with van der Waals surface area (Å²) in [5, 5.41) is 0. The molecule has 1 aliphatic carbocycles. The molecule has 4 heteroatoms. The highest BCUT2D eigenvalue weighted by Gasteiger charge is 2.51. The van der Waals surface area contributed by atoms with E-state index in [1.165, 1.54) is 6.92 Å². The molecule has 3 atom stereocenters. The van der Waals surface area contributed by atoms with Crippen molar-refractivity contribution in [3.05, 3.63) is 0 Å². The fourth-order valence-electron chi connectivity index (χ4n) is 2.78. The van der Waals surface area contributed by atoms with Gasteiger partial charge in [-0.2, -0.15) is 0 Å². The molecule has 98 valence electrons. The van der Waals surface area contributed by atoms with Crippen LogP contribution in [0.15, 0.2) is 0 Å². The SMILES string of the molecule is CC1(C)OC[C@](C)([C@@H]2CC[C@](C)(F)C(=O)C2)O1. The normalized spacial score (nSPS) is 46.2. The number of halogens is 1. The third-order valence-corrected chi connectivity index (χ3v) is 4.02. The highest BCUT2D eigenvalue weighted by Crippen LogP contribution is 2.44. The lowest BCUT2D eigenvalue weighted by atomic mass is 9.73. The van der Waals surface area contributed by atoms with Gasteiger partial charge >= 0.3 is 0 Å². The van der Waals surface area contributed by atoms with Gasteiger partial charge in [0.2, 0.25) is 0 Å². The van der Waals surface area contributed by atoms with E-state index in [1.54, 1.807) is 0 Å². The molecular weight excluding hydrogens is 223 g/mol. The maximum absolute atomic E-state index is 13.8. The quantitative estimate of drug-likeness (QED) is 0.711. The van der Waals surface area contributed by atoms with Crippen LogP contribution in [0.4, 0.5) is 4.39 Å². The largest absolute Gasteiger partial charge is 0.347 e. The molecule has 2 aliphatic rings. The van der Waals surface area contributed by atoms with Crippen molar-refractivity contribution in [3.63, 3.8) is 0 Å². The Labute approximate surface area is 102 Å². The zero-order valence-electron chi connectivity index (χ0n) is 11.0. The summed E-state index contributed by atoms with van der Waals surface area (Å²) in [6, 6.07) is 0. The molecule has 1 saturated carbocycles. The van der Waals surface area contributed by atoms with Crippen LogP contribution in [-0.4, -0.2) is 29.4 Å². The summed E-state index contributed by atoms with van der Waals surface area (Å²) >= 11 is 0. The first kappa shape index (κ1) is 13.0. The average molecular weight is 244 g/mol. The Morgan fingerprint density at radius 2 is 1.94 bits per heavy atom. The molecule has 0 unspecified atom stereocenters. The van der Waals surface area contributed by atoms with Crippen molar-refractivity contribution in [2.75, 3.05) is 6.61 Å². The second-order valence-corrected chi connectivity index (χ2v) is 6.16. The molecule has 17 heavy (non-hydrogen) atoms. The molecule has 2 fully saturated rings. The van der Waals surface area contributed by atoms with Crippen LogP contribution in [0.5, 0.6) is 0 Å². The number of carbonyl (C=O) groups excluding carboxylic acids is 1. The standard InChI is InChI=1S/C13H21FO3/c1-11(2)16-8-13(4,17-11)9-5-6-12(3,14)10(15)7-9/h9H,5-8H2,1-4H3/t9-,12+,13-/m1/s1. The van der Waals surface area contributed by atoms with E-state index in [2.05, 4.69) is 0 Å². The van der Waals surface area contributed by atoms with Gasteiger partial charge in [-0.25, -0.2) is 4.39 Å². The molecule has 0 bridgehead atoms. The van der Waals surface area contributed by atoms with Gasteiger partial charge in [0.05, 0.1) is 12.2 Å². The molecule has 0 aromatic carbocycles. The molecule has 0 aromatic rings. The van der Waals surface area contributed by atoms with Crippen molar-refractivity contribution in [3.8, 4) is 0 Å². The van der Waals surface area contributed by atoms with Crippen LogP contribution < -0.4 is 0 Å². The minimum absolute atomic E-state index is 0.0561. The topological polar surface area (TPSA) is 35.5 Å². The van der Waals surface area contributed by atoms with E-state index in [9.17, 15) is 9.18 Å². The molecule has 0 spiro atoms.